The molecule has 3 aromatic heterocycles. The van der Waals surface area contributed by atoms with Crippen LogP contribution in [-0.4, -0.2) is 112 Å². The number of phosphoric acid groups is 1. The average molecular weight is 691 g/mol. The second-order valence-corrected chi connectivity index (χ2v) is 12.3. The molecule has 0 spiro atoms. The lowest BCUT2D eigenvalue weighted by Gasteiger charge is -2.26. The van der Waals surface area contributed by atoms with Crippen LogP contribution in [0.4, 0.5) is 11.8 Å². The highest BCUT2D eigenvalue weighted by Gasteiger charge is 2.52. The van der Waals surface area contributed by atoms with Gasteiger partial charge in [0.05, 0.1) is 25.6 Å². The second-order valence-electron chi connectivity index (χ2n) is 10.2. The number of phosphoric ester groups is 1. The fourth-order valence-corrected chi connectivity index (χ4v) is 6.58. The molecule has 0 amide bonds. The van der Waals surface area contributed by atoms with Crippen LogP contribution in [0, 0.1) is 0 Å². The van der Waals surface area contributed by atoms with Crippen LogP contribution in [0.5, 0.6) is 0 Å². The first-order valence-corrected chi connectivity index (χ1v) is 16.0. The van der Waals surface area contributed by atoms with Crippen molar-refractivity contribution in [3.63, 3.8) is 0 Å². The number of nitrogens with zero attached hydrogens (tertiary/aromatic N) is 6. The zero-order valence-electron chi connectivity index (χ0n) is 23.5. The Labute approximate surface area is 257 Å². The molecule has 23 nitrogen and oxygen atoms in total. The van der Waals surface area contributed by atoms with E-state index in [0.29, 0.717) is 11.5 Å². The Balaban J connectivity index is 1.17. The number of fused-ring (bicyclic) bond motifs is 2. The first-order chi connectivity index (χ1) is 21.9. The van der Waals surface area contributed by atoms with E-state index in [-0.39, 0.29) is 17.1 Å². The molecule has 3 aliphatic heterocycles. The van der Waals surface area contributed by atoms with Crippen LogP contribution < -0.4 is 22.3 Å². The molecule has 250 valence electrons. The number of methoxy groups -OCH3 is 1. The summed E-state index contributed by atoms with van der Waals surface area (Å²) in [6, 6.07) is 0. The van der Waals surface area contributed by atoms with Crippen LogP contribution in [0.3, 0.4) is 0 Å². The van der Waals surface area contributed by atoms with Crippen molar-refractivity contribution >= 4 is 45.3 Å². The normalized spacial score (nSPS) is 32.4. The summed E-state index contributed by atoms with van der Waals surface area (Å²) in [5.74, 6) is 0.161. The average Bonchev–Trinajstić information content (AvgIpc) is 3.76. The number of ether oxygens (including phenoxy) is 3. The summed E-state index contributed by atoms with van der Waals surface area (Å²) in [5.41, 5.74) is 11.2. The molecule has 25 heteroatoms. The van der Waals surface area contributed by atoms with Gasteiger partial charge < -0.3 is 46.1 Å². The Bertz CT molecular complexity index is 1750. The number of H-pyrrole nitrogens is 1. The van der Waals surface area contributed by atoms with Gasteiger partial charge in [-0.25, -0.2) is 14.5 Å². The largest absolute Gasteiger partial charge is 0.694 e. The number of aliphatic imine (C=N–C) groups is 1. The highest BCUT2D eigenvalue weighted by Crippen LogP contribution is 2.50. The minimum absolute atomic E-state index is 0.0434. The van der Waals surface area contributed by atoms with Gasteiger partial charge in [-0.05, 0) is 0 Å². The number of aromatic amines is 1. The zero-order valence-corrected chi connectivity index (χ0v) is 25.3. The van der Waals surface area contributed by atoms with Crippen molar-refractivity contribution in [2.24, 2.45) is 10.7 Å². The number of nitrogens with one attached hydrogen (secondary N) is 2. The van der Waals surface area contributed by atoms with Crippen molar-refractivity contribution in [2.75, 3.05) is 31.4 Å². The van der Waals surface area contributed by atoms with E-state index in [0.717, 1.165) is 6.33 Å². The monoisotopic (exact) mass is 691 g/mol. The summed E-state index contributed by atoms with van der Waals surface area (Å²) >= 11 is 0. The van der Waals surface area contributed by atoms with E-state index in [2.05, 4.69) is 30.2 Å². The summed E-state index contributed by atoms with van der Waals surface area (Å²) in [4.78, 5) is 50.5. The molecule has 2 saturated heterocycles. The Morgan fingerprint density at radius 2 is 1.85 bits per heavy atom. The highest BCUT2D eigenvalue weighted by molar-refractivity contribution is 7.47. The number of aliphatic hydroxyl groups is 2. The fraction of sp³-hybridized carbons (Fsp3) is 0.571. The van der Waals surface area contributed by atoms with Crippen LogP contribution in [0.1, 0.15) is 24.3 Å². The maximum absolute atomic E-state index is 13.2. The number of anilines is 2. The minimum atomic E-state index is -5.04. The molecule has 3 aromatic rings. The van der Waals surface area contributed by atoms with Crippen molar-refractivity contribution in [2.45, 2.75) is 55.2 Å². The highest BCUT2D eigenvalue weighted by atomic mass is 31.2. The smallest absolute Gasteiger partial charge is 0.387 e. The molecule has 0 saturated carbocycles. The van der Waals surface area contributed by atoms with Gasteiger partial charge in [0, 0.05) is 11.7 Å². The lowest BCUT2D eigenvalue weighted by molar-refractivity contribution is -0.0581. The molecule has 3 aliphatic rings. The van der Waals surface area contributed by atoms with Crippen molar-refractivity contribution in [3.8, 4) is 0 Å². The quantitative estimate of drug-likeness (QED) is 0.0981. The molecule has 10 N–H and O–H groups in total. The van der Waals surface area contributed by atoms with Crippen LogP contribution in [0.15, 0.2) is 22.4 Å². The molecule has 6 heterocycles. The number of hydrogen-bond donors (Lipinski definition) is 8. The molecule has 46 heavy (non-hydrogen) atoms. The topological polar surface area (TPSA) is 328 Å². The molecule has 0 aromatic carbocycles. The van der Waals surface area contributed by atoms with Gasteiger partial charge in [-0.15, -0.1) is 9.42 Å². The number of aromatic nitrogens is 6. The fourth-order valence-electron chi connectivity index (χ4n) is 5.34. The third kappa shape index (κ3) is 6.09. The van der Waals surface area contributed by atoms with E-state index < -0.39 is 90.1 Å². The standard InChI is InChI=1S/C21H28N10O13P2/c1-39-14-13(8(2-40-45(35)36)43-20(14)30-5-26-9-15(22)24-4-25-16(9)30)44-46(37,38)41-3-7-11(32)12(33)19(42-7)31-6-27-10-17(31)28-21(23)29-18(10)34/h4-8,11-15,19-20,32-33H,2-3,22H2,1H3,(H5-,23,24,25,28,29,34,35,36,37,38)/p+1. The minimum Gasteiger partial charge on any atom is -0.387 e. The Kier molecular flexibility index (Phi) is 9.04. The van der Waals surface area contributed by atoms with Gasteiger partial charge in [-0.2, -0.15) is 4.98 Å². The van der Waals surface area contributed by atoms with Gasteiger partial charge in [-0.3, -0.25) is 33.0 Å². The van der Waals surface area contributed by atoms with Crippen molar-refractivity contribution in [1.82, 2.24) is 29.1 Å². The van der Waals surface area contributed by atoms with E-state index >= 15 is 0 Å². The SMILES string of the molecule is COC1C(OP(=O)(O)OCC2OC(n3cnc4c(=O)[nH]c(N)nc43)C(O)C2O)C(CO[P+](=O)O)OC1n1cnc2c1NC=NC2N. The molecule has 11 unspecified atom stereocenters. The third-order valence-corrected chi connectivity index (χ3v) is 8.79. The van der Waals surface area contributed by atoms with E-state index in [4.69, 9.17) is 39.2 Å². The summed E-state index contributed by atoms with van der Waals surface area (Å²) in [5, 5.41) is 24.2. The lowest BCUT2D eigenvalue weighted by Crippen LogP contribution is -2.37. The predicted octanol–water partition coefficient (Wildman–Crippen LogP) is -2.29. The summed E-state index contributed by atoms with van der Waals surface area (Å²) in [6.07, 6.45) is -7.74. The molecular weight excluding hydrogens is 662 g/mol. The Hall–Kier alpha value is -3.28. The van der Waals surface area contributed by atoms with Gasteiger partial charge in [0.25, 0.3) is 5.56 Å². The first kappa shape index (κ1) is 32.7. The molecule has 2 fully saturated rings. The summed E-state index contributed by atoms with van der Waals surface area (Å²) < 4.78 is 59.8. The van der Waals surface area contributed by atoms with Crippen LogP contribution >= 0.6 is 16.1 Å². The van der Waals surface area contributed by atoms with E-state index in [1.807, 2.05) is 0 Å². The van der Waals surface area contributed by atoms with Crippen molar-refractivity contribution in [1.29, 1.82) is 0 Å². The van der Waals surface area contributed by atoms with Crippen molar-refractivity contribution in [3.05, 3.63) is 28.7 Å². The third-order valence-electron chi connectivity index (χ3n) is 7.44. The molecule has 6 rings (SSSR count). The van der Waals surface area contributed by atoms with Crippen molar-refractivity contribution < 1.29 is 56.9 Å². The van der Waals surface area contributed by atoms with E-state index in [1.54, 1.807) is 0 Å². The molecule has 11 atom stereocenters. The van der Waals surface area contributed by atoms with E-state index in [9.17, 15) is 33.9 Å². The first-order valence-electron chi connectivity index (χ1n) is 13.4. The maximum Gasteiger partial charge on any atom is 0.694 e. The van der Waals surface area contributed by atoms with Gasteiger partial charge in [-0.1, -0.05) is 0 Å². The lowest BCUT2D eigenvalue weighted by atomic mass is 10.1. The zero-order chi connectivity index (χ0) is 32.9. The number of imidazole rings is 2. The van der Waals surface area contributed by atoms with Crippen LogP contribution in [0.2, 0.25) is 0 Å². The number of aliphatic hydroxyl groups excluding tert-OH is 2. The van der Waals surface area contributed by atoms with Gasteiger partial charge in [0.15, 0.2) is 23.6 Å². The van der Waals surface area contributed by atoms with E-state index in [1.165, 1.54) is 28.9 Å². The summed E-state index contributed by atoms with van der Waals surface area (Å²) in [6.45, 7) is -1.32. The maximum atomic E-state index is 13.2. The second kappa shape index (κ2) is 12.7. The van der Waals surface area contributed by atoms with Crippen LogP contribution in [0.25, 0.3) is 11.2 Å². The van der Waals surface area contributed by atoms with Gasteiger partial charge in [0.2, 0.25) is 5.95 Å². The van der Waals surface area contributed by atoms with Crippen LogP contribution in [-0.2, 0) is 36.9 Å². The molecule has 0 bridgehead atoms. The Morgan fingerprint density at radius 1 is 1.11 bits per heavy atom. The summed E-state index contributed by atoms with van der Waals surface area (Å²) in [7, 11) is -6.84. The number of nitrogens with two attached hydrogens (primary N) is 2. The number of rotatable bonds is 11. The number of nitrogen functional groups attached to an aromatic ring is 1. The van der Waals surface area contributed by atoms with Gasteiger partial charge in [0.1, 0.15) is 60.9 Å². The Morgan fingerprint density at radius 3 is 2.59 bits per heavy atom. The predicted molar refractivity (Wildman–Crippen MR) is 151 cm³/mol. The molecule has 0 aliphatic carbocycles. The van der Waals surface area contributed by atoms with Gasteiger partial charge >= 0.3 is 16.1 Å². The molecular formula is C21H29N10O13P2+. The number of hydrogen-bond acceptors (Lipinski definition) is 18. The molecule has 0 radical (unpaired) electrons.